The molecule has 1 aliphatic heterocycles. The number of likely N-dealkylation sites (tertiary alicyclic amines) is 1. The molecule has 1 fully saturated rings. The number of Topliss-reactive ketones (excluding diaryl/α,β-unsaturated/α-hetero) is 1. The van der Waals surface area contributed by atoms with Crippen molar-refractivity contribution in [3.63, 3.8) is 0 Å². The van der Waals surface area contributed by atoms with Crippen LogP contribution in [0.3, 0.4) is 0 Å². The summed E-state index contributed by atoms with van der Waals surface area (Å²) in [5, 5.41) is 5.43. The fourth-order valence-corrected chi connectivity index (χ4v) is 5.25. The molecule has 1 atom stereocenters. The number of anilines is 1. The van der Waals surface area contributed by atoms with Gasteiger partial charge in [0.05, 0.1) is 0 Å². The first-order chi connectivity index (χ1) is 15.0. The highest BCUT2D eigenvalue weighted by molar-refractivity contribution is 6.11. The molecule has 1 heterocycles. The molecule has 0 spiro atoms. The third-order valence-electron chi connectivity index (χ3n) is 6.93. The molecule has 0 aromatic heterocycles. The molecule has 1 aliphatic carbocycles. The molecule has 4 heteroatoms. The molecule has 2 amide bonds. The van der Waals surface area contributed by atoms with Crippen molar-refractivity contribution in [2.24, 2.45) is 5.92 Å². The number of hydrogen-bond donors (Lipinski definition) is 1. The van der Waals surface area contributed by atoms with Gasteiger partial charge in [0.25, 0.3) is 0 Å². The Kier molecular flexibility index (Phi) is 5.01. The van der Waals surface area contributed by atoms with Crippen molar-refractivity contribution in [1.82, 2.24) is 4.90 Å². The molecule has 0 bridgehead atoms. The number of piperidine rings is 1. The molecule has 31 heavy (non-hydrogen) atoms. The Balaban J connectivity index is 1.37. The molecule has 1 N–H and O–H groups in total. The second-order valence-electron chi connectivity index (χ2n) is 8.96. The number of hydrogen-bond acceptors (Lipinski definition) is 2. The van der Waals surface area contributed by atoms with Crippen molar-refractivity contribution in [1.29, 1.82) is 0 Å². The minimum atomic E-state index is -0.157. The molecular weight excluding hydrogens is 384 g/mol. The fraction of sp³-hybridized carbons (Fsp3) is 0.333. The van der Waals surface area contributed by atoms with Crippen LogP contribution in [0.5, 0.6) is 0 Å². The van der Waals surface area contributed by atoms with E-state index >= 15 is 0 Å². The van der Waals surface area contributed by atoms with Crippen LogP contribution in [0.25, 0.3) is 10.8 Å². The third-order valence-corrected chi connectivity index (χ3v) is 6.93. The first-order valence-electron chi connectivity index (χ1n) is 11.2. The number of urea groups is 1. The highest BCUT2D eigenvalue weighted by Crippen LogP contribution is 2.34. The van der Waals surface area contributed by atoms with E-state index in [9.17, 15) is 9.59 Å². The zero-order valence-corrected chi connectivity index (χ0v) is 18.2. The largest absolute Gasteiger partial charge is 0.324 e. The zero-order valence-electron chi connectivity index (χ0n) is 18.2. The average molecular weight is 413 g/mol. The van der Waals surface area contributed by atoms with Gasteiger partial charge in [0.2, 0.25) is 0 Å². The normalized spacial score (nSPS) is 17.7. The van der Waals surface area contributed by atoms with Gasteiger partial charge in [-0.3, -0.25) is 4.79 Å². The molecule has 158 valence electrons. The summed E-state index contributed by atoms with van der Waals surface area (Å²) in [6.07, 6.45) is 3.78. The molecule has 0 unspecified atom stereocenters. The maximum Gasteiger partial charge on any atom is 0.321 e. The first-order valence-corrected chi connectivity index (χ1v) is 11.2. The molecule has 0 radical (unpaired) electrons. The van der Waals surface area contributed by atoms with Gasteiger partial charge in [-0.2, -0.15) is 0 Å². The van der Waals surface area contributed by atoms with Crippen LogP contribution in [0.1, 0.15) is 45.5 Å². The Hall–Kier alpha value is -3.14. The minimum Gasteiger partial charge on any atom is -0.324 e. The Morgan fingerprint density at radius 3 is 2.42 bits per heavy atom. The predicted molar refractivity (Wildman–Crippen MR) is 125 cm³/mol. The summed E-state index contributed by atoms with van der Waals surface area (Å²) < 4.78 is 0. The van der Waals surface area contributed by atoms with E-state index in [1.807, 2.05) is 38.1 Å². The van der Waals surface area contributed by atoms with Gasteiger partial charge in [-0.15, -0.1) is 0 Å². The SMILES string of the molecule is Cc1cccc(C)c1NC(=O)N1CCC[C@H](C(=O)c2ccc3c4c(cccc24)CC3)C1. The van der Waals surface area contributed by atoms with Crippen molar-refractivity contribution in [3.05, 3.63) is 76.3 Å². The van der Waals surface area contributed by atoms with Crippen molar-refractivity contribution < 1.29 is 9.59 Å². The maximum atomic E-state index is 13.5. The number of rotatable bonds is 3. The lowest BCUT2D eigenvalue weighted by Crippen LogP contribution is -2.44. The molecule has 3 aromatic carbocycles. The second-order valence-corrected chi connectivity index (χ2v) is 8.96. The van der Waals surface area contributed by atoms with E-state index in [0.29, 0.717) is 13.1 Å². The summed E-state index contributed by atoms with van der Waals surface area (Å²) in [5.74, 6) is 0.0103. The number of nitrogens with zero attached hydrogens (tertiary/aromatic N) is 1. The Labute approximate surface area is 183 Å². The number of carbonyl (C=O) groups is 2. The van der Waals surface area contributed by atoms with Crippen LogP contribution >= 0.6 is 0 Å². The average Bonchev–Trinajstić information content (AvgIpc) is 3.21. The van der Waals surface area contributed by atoms with Gasteiger partial charge >= 0.3 is 6.03 Å². The van der Waals surface area contributed by atoms with E-state index in [2.05, 4.69) is 29.6 Å². The molecule has 3 aromatic rings. The van der Waals surface area contributed by atoms with Crippen LogP contribution in [0, 0.1) is 19.8 Å². The highest BCUT2D eigenvalue weighted by Gasteiger charge is 2.31. The Morgan fingerprint density at radius 1 is 0.935 bits per heavy atom. The summed E-state index contributed by atoms with van der Waals surface area (Å²) in [7, 11) is 0. The smallest absolute Gasteiger partial charge is 0.321 e. The number of aryl methyl sites for hydroxylation is 4. The molecule has 4 nitrogen and oxygen atoms in total. The third kappa shape index (κ3) is 3.50. The zero-order chi connectivity index (χ0) is 21.5. The highest BCUT2D eigenvalue weighted by atomic mass is 16.2. The van der Waals surface area contributed by atoms with E-state index in [-0.39, 0.29) is 17.7 Å². The van der Waals surface area contributed by atoms with Crippen molar-refractivity contribution >= 4 is 28.3 Å². The Morgan fingerprint density at radius 2 is 1.65 bits per heavy atom. The monoisotopic (exact) mass is 412 g/mol. The van der Waals surface area contributed by atoms with Crippen LogP contribution < -0.4 is 5.32 Å². The van der Waals surface area contributed by atoms with Gasteiger partial charge in [-0.05, 0) is 72.6 Å². The molecule has 1 saturated heterocycles. The lowest BCUT2D eigenvalue weighted by Gasteiger charge is -2.32. The summed E-state index contributed by atoms with van der Waals surface area (Å²) in [6.45, 7) is 5.16. The topological polar surface area (TPSA) is 49.4 Å². The summed E-state index contributed by atoms with van der Waals surface area (Å²) in [6, 6.07) is 16.3. The summed E-state index contributed by atoms with van der Waals surface area (Å²) in [4.78, 5) is 28.3. The predicted octanol–water partition coefficient (Wildman–Crippen LogP) is 5.68. The fourth-order valence-electron chi connectivity index (χ4n) is 5.25. The molecule has 0 saturated carbocycles. The van der Waals surface area contributed by atoms with Crippen LogP contribution in [0.15, 0.2) is 48.5 Å². The van der Waals surface area contributed by atoms with Crippen LogP contribution in [-0.2, 0) is 12.8 Å². The van der Waals surface area contributed by atoms with Gasteiger partial charge in [-0.25, -0.2) is 4.79 Å². The number of ketones is 1. The summed E-state index contributed by atoms with van der Waals surface area (Å²) in [5.41, 5.74) is 6.47. The van der Waals surface area contributed by atoms with Crippen molar-refractivity contribution in [3.8, 4) is 0 Å². The summed E-state index contributed by atoms with van der Waals surface area (Å²) >= 11 is 0. The number of benzene rings is 3. The van der Waals surface area contributed by atoms with Gasteiger partial charge < -0.3 is 10.2 Å². The van der Waals surface area contributed by atoms with E-state index in [1.54, 1.807) is 4.90 Å². The lowest BCUT2D eigenvalue weighted by atomic mass is 9.87. The van der Waals surface area contributed by atoms with Crippen molar-refractivity contribution in [2.75, 3.05) is 18.4 Å². The Bertz CT molecular complexity index is 1170. The van der Waals surface area contributed by atoms with Gasteiger partial charge in [-0.1, -0.05) is 48.5 Å². The van der Waals surface area contributed by atoms with Crippen LogP contribution in [0.2, 0.25) is 0 Å². The number of nitrogens with one attached hydrogen (secondary N) is 1. The van der Waals surface area contributed by atoms with E-state index in [0.717, 1.165) is 53.4 Å². The quantitative estimate of drug-likeness (QED) is 0.563. The molecular formula is C27H28N2O2. The molecule has 2 aliphatic rings. The van der Waals surface area contributed by atoms with Gasteiger partial charge in [0, 0.05) is 30.3 Å². The van der Waals surface area contributed by atoms with Gasteiger partial charge in [0.1, 0.15) is 0 Å². The van der Waals surface area contributed by atoms with Crippen LogP contribution in [0.4, 0.5) is 10.5 Å². The second kappa shape index (κ2) is 7.84. The lowest BCUT2D eigenvalue weighted by molar-refractivity contribution is 0.0853. The van der Waals surface area contributed by atoms with E-state index in [4.69, 9.17) is 0 Å². The molecule has 5 rings (SSSR count). The maximum absolute atomic E-state index is 13.5. The number of carbonyl (C=O) groups excluding carboxylic acids is 2. The first kappa shape index (κ1) is 19.8. The van der Waals surface area contributed by atoms with Crippen LogP contribution in [-0.4, -0.2) is 29.8 Å². The minimum absolute atomic E-state index is 0.115. The van der Waals surface area contributed by atoms with Crippen molar-refractivity contribution in [2.45, 2.75) is 39.5 Å². The number of para-hydroxylation sites is 1. The van der Waals surface area contributed by atoms with E-state index in [1.165, 1.54) is 16.5 Å². The van der Waals surface area contributed by atoms with E-state index < -0.39 is 0 Å². The number of amides is 2. The standard InChI is InChI=1S/C27H28N2O2/c1-17-6-3-7-18(2)25(17)28-27(31)29-15-5-9-21(16-29)26(30)23-14-13-20-12-11-19-8-4-10-22(23)24(19)20/h3-4,6-8,10,13-14,21H,5,9,11-12,15-16H2,1-2H3,(H,28,31)/t21-/m0/s1. The van der Waals surface area contributed by atoms with Gasteiger partial charge in [0.15, 0.2) is 5.78 Å².